The number of hydrogen-bond acceptors (Lipinski definition) is 3. The van der Waals surface area contributed by atoms with Crippen LogP contribution in [-0.4, -0.2) is 17.0 Å². The van der Waals surface area contributed by atoms with Gasteiger partial charge in [0.25, 0.3) is 0 Å². The maximum absolute atomic E-state index is 6.60. The summed E-state index contributed by atoms with van der Waals surface area (Å²) in [5.41, 5.74) is 0.167. The predicted octanol–water partition coefficient (Wildman–Crippen LogP) is 5.81. The van der Waals surface area contributed by atoms with Crippen LogP contribution in [0.15, 0.2) is 60.7 Å². The summed E-state index contributed by atoms with van der Waals surface area (Å²) in [7, 11) is 0. The Morgan fingerprint density at radius 2 is 1.70 bits per heavy atom. The van der Waals surface area contributed by atoms with Gasteiger partial charge in [0.15, 0.2) is 5.60 Å². The molecule has 2 aromatic rings. The van der Waals surface area contributed by atoms with E-state index in [-0.39, 0.29) is 5.41 Å². The minimum atomic E-state index is -0.971. The first-order chi connectivity index (χ1) is 12.9. The maximum atomic E-state index is 6.60. The molecule has 6 rings (SSSR count). The molecular weight excluding hydrogens is 336 g/mol. The van der Waals surface area contributed by atoms with Crippen LogP contribution in [-0.2, 0) is 14.5 Å². The molecule has 1 spiro atoms. The Bertz CT molecular complexity index is 954. The molecule has 1 saturated heterocycles. The van der Waals surface area contributed by atoms with Gasteiger partial charge in [0, 0.05) is 5.41 Å². The van der Waals surface area contributed by atoms with Crippen LogP contribution in [0, 0.1) is 5.41 Å². The Kier molecular flexibility index (Phi) is 3.52. The molecule has 2 fully saturated rings. The first kappa shape index (κ1) is 17.2. The van der Waals surface area contributed by atoms with Gasteiger partial charge in [0.05, 0.1) is 0 Å². The summed E-state index contributed by atoms with van der Waals surface area (Å²) >= 11 is 0. The summed E-state index contributed by atoms with van der Waals surface area (Å²) < 4.78 is 6.60. The zero-order valence-corrected chi connectivity index (χ0v) is 16.2. The molecule has 1 saturated carbocycles. The molecule has 0 unspecified atom stereocenters. The van der Waals surface area contributed by atoms with Crippen molar-refractivity contribution in [3.63, 3.8) is 0 Å². The Labute approximate surface area is 160 Å². The Hall–Kier alpha value is -1.94. The molecule has 27 heavy (non-hydrogen) atoms. The average molecular weight is 362 g/mol. The predicted molar refractivity (Wildman–Crippen MR) is 107 cm³/mol. The largest absolute Gasteiger partial charge is 0.331 e. The summed E-state index contributed by atoms with van der Waals surface area (Å²) in [4.78, 5) is 12.0. The van der Waals surface area contributed by atoms with Gasteiger partial charge in [-0.1, -0.05) is 62.4 Å². The van der Waals surface area contributed by atoms with Crippen molar-refractivity contribution in [2.75, 3.05) is 0 Å². The second-order valence-corrected chi connectivity index (χ2v) is 8.93. The van der Waals surface area contributed by atoms with Crippen molar-refractivity contribution in [2.45, 2.75) is 57.0 Å². The van der Waals surface area contributed by atoms with Crippen molar-refractivity contribution in [3.05, 3.63) is 66.3 Å². The highest BCUT2D eigenvalue weighted by Gasteiger charge is 2.68. The van der Waals surface area contributed by atoms with Crippen molar-refractivity contribution in [3.8, 4) is 0 Å². The van der Waals surface area contributed by atoms with Gasteiger partial charge in [-0.25, -0.2) is 4.89 Å². The fraction of sp³-hybridized carbons (Fsp3) is 0.417. The monoisotopic (exact) mass is 362 g/mol. The quantitative estimate of drug-likeness (QED) is 0.499. The molecule has 0 radical (unpaired) electrons. The number of fused-ring (bicyclic) bond motifs is 2. The molecule has 3 nitrogen and oxygen atoms in total. The molecule has 3 aliphatic heterocycles. The third kappa shape index (κ3) is 2.32. The van der Waals surface area contributed by atoms with Gasteiger partial charge in [-0.3, -0.25) is 0 Å². The molecule has 140 valence electrons. The molecule has 3 heterocycles. The summed E-state index contributed by atoms with van der Waals surface area (Å²) in [6.45, 7) is 6.65. The van der Waals surface area contributed by atoms with E-state index in [9.17, 15) is 0 Å². The number of hydrogen-bond donors (Lipinski definition) is 0. The SMILES string of the molecule is CC1(C)CCC[C@]2(C)O[C@@]3(/C=C/c4cccc5ccccc45)C=C[C@@]12OO3. The lowest BCUT2D eigenvalue weighted by Crippen LogP contribution is -2.73. The molecule has 0 amide bonds. The summed E-state index contributed by atoms with van der Waals surface area (Å²) in [5, 5.41) is 2.43. The van der Waals surface area contributed by atoms with Crippen molar-refractivity contribution >= 4 is 16.8 Å². The van der Waals surface area contributed by atoms with Crippen LogP contribution in [0.2, 0.25) is 0 Å². The molecular formula is C24H26O3. The van der Waals surface area contributed by atoms with E-state index in [0.29, 0.717) is 0 Å². The number of rotatable bonds is 2. The standard InChI is InChI=1S/C24H26O3/c1-21(2)13-7-14-22(3)24(21)17-16-23(25-22,26-27-24)15-12-19-10-6-9-18-8-4-5-11-20(18)19/h4-6,8-12,15-17H,7,13-14H2,1-3H3/b15-12+/t22-,23+,24+/m0/s1. The summed E-state index contributed by atoms with van der Waals surface area (Å²) in [6, 6.07) is 14.7. The topological polar surface area (TPSA) is 27.7 Å². The lowest BCUT2D eigenvalue weighted by atomic mass is 9.57. The highest BCUT2D eigenvalue weighted by molar-refractivity contribution is 5.90. The van der Waals surface area contributed by atoms with E-state index >= 15 is 0 Å². The normalized spacial score (nSPS) is 37.0. The van der Waals surface area contributed by atoms with Crippen LogP contribution in [0.5, 0.6) is 0 Å². The van der Waals surface area contributed by atoms with E-state index < -0.39 is 17.0 Å². The molecule has 4 aliphatic rings. The number of benzene rings is 2. The van der Waals surface area contributed by atoms with Crippen LogP contribution in [0.1, 0.15) is 45.6 Å². The van der Waals surface area contributed by atoms with Crippen molar-refractivity contribution in [2.24, 2.45) is 5.41 Å². The van der Waals surface area contributed by atoms with E-state index in [4.69, 9.17) is 14.5 Å². The summed E-state index contributed by atoms with van der Waals surface area (Å²) in [5.74, 6) is -0.971. The average Bonchev–Trinajstić information content (AvgIpc) is 2.66. The zero-order valence-electron chi connectivity index (χ0n) is 16.2. The van der Waals surface area contributed by atoms with Gasteiger partial charge in [0.2, 0.25) is 5.79 Å². The van der Waals surface area contributed by atoms with E-state index in [1.165, 1.54) is 10.8 Å². The highest BCUT2D eigenvalue weighted by Crippen LogP contribution is 2.60. The van der Waals surface area contributed by atoms with E-state index in [0.717, 1.165) is 24.8 Å². The molecule has 3 heteroatoms. The van der Waals surface area contributed by atoms with Crippen molar-refractivity contribution in [1.82, 2.24) is 0 Å². The Morgan fingerprint density at radius 3 is 2.52 bits per heavy atom. The molecule has 0 aromatic heterocycles. The lowest BCUT2D eigenvalue weighted by Gasteiger charge is -2.64. The van der Waals surface area contributed by atoms with Gasteiger partial charge in [0.1, 0.15) is 5.60 Å². The molecule has 0 N–H and O–H groups in total. The van der Waals surface area contributed by atoms with Gasteiger partial charge in [-0.2, -0.15) is 4.89 Å². The first-order valence-corrected chi connectivity index (χ1v) is 9.83. The fourth-order valence-electron chi connectivity index (χ4n) is 5.23. The second kappa shape index (κ2) is 5.54. The van der Waals surface area contributed by atoms with E-state index in [1.54, 1.807) is 0 Å². The van der Waals surface area contributed by atoms with Crippen LogP contribution in [0.25, 0.3) is 16.8 Å². The smallest absolute Gasteiger partial charge is 0.241 e. The van der Waals surface area contributed by atoms with Gasteiger partial charge < -0.3 is 4.74 Å². The van der Waals surface area contributed by atoms with Crippen LogP contribution < -0.4 is 0 Å². The van der Waals surface area contributed by atoms with Crippen molar-refractivity contribution in [1.29, 1.82) is 0 Å². The van der Waals surface area contributed by atoms with E-state index in [2.05, 4.69) is 75.4 Å². The van der Waals surface area contributed by atoms with Crippen LogP contribution in [0.4, 0.5) is 0 Å². The third-order valence-corrected chi connectivity index (χ3v) is 6.80. The van der Waals surface area contributed by atoms with Crippen LogP contribution in [0.3, 0.4) is 0 Å². The van der Waals surface area contributed by atoms with Gasteiger partial charge in [-0.05, 0) is 60.8 Å². The van der Waals surface area contributed by atoms with Crippen molar-refractivity contribution < 1.29 is 14.5 Å². The minimum absolute atomic E-state index is 0.0393. The highest BCUT2D eigenvalue weighted by atomic mass is 17.3. The van der Waals surface area contributed by atoms with E-state index in [1.807, 2.05) is 12.2 Å². The minimum Gasteiger partial charge on any atom is -0.331 e. The molecule has 2 bridgehead atoms. The third-order valence-electron chi connectivity index (χ3n) is 6.80. The fourth-order valence-corrected chi connectivity index (χ4v) is 5.23. The van der Waals surface area contributed by atoms with Gasteiger partial charge in [-0.15, -0.1) is 0 Å². The lowest BCUT2D eigenvalue weighted by molar-refractivity contribution is -0.540. The first-order valence-electron chi connectivity index (χ1n) is 9.83. The Morgan fingerprint density at radius 1 is 0.889 bits per heavy atom. The number of ether oxygens (including phenoxy) is 1. The maximum Gasteiger partial charge on any atom is 0.241 e. The zero-order chi connectivity index (χ0) is 18.8. The van der Waals surface area contributed by atoms with Crippen LogP contribution >= 0.6 is 0 Å². The molecule has 1 aliphatic carbocycles. The second-order valence-electron chi connectivity index (χ2n) is 8.93. The molecule has 2 aromatic carbocycles. The molecule has 3 atom stereocenters. The Balaban J connectivity index is 1.54. The van der Waals surface area contributed by atoms with Gasteiger partial charge >= 0.3 is 0 Å². The summed E-state index contributed by atoms with van der Waals surface area (Å²) in [6.07, 6.45) is 11.4.